The zero-order valence-corrected chi connectivity index (χ0v) is 13.8. The molecule has 0 aliphatic carbocycles. The minimum absolute atomic E-state index is 0.0293. The topological polar surface area (TPSA) is 41.1 Å². The van der Waals surface area contributed by atoms with Crippen LogP contribution in [0.15, 0.2) is 40.9 Å². The molecule has 0 atom stereocenters. The molecular formula is C15H11BrF2N2OS. The van der Waals surface area contributed by atoms with Gasteiger partial charge in [-0.2, -0.15) is 0 Å². The van der Waals surface area contributed by atoms with Crippen LogP contribution in [-0.4, -0.2) is 10.9 Å². The van der Waals surface area contributed by atoms with Crippen LogP contribution in [-0.2, 0) is 0 Å². The molecule has 2 aromatic rings. The van der Waals surface area contributed by atoms with Crippen molar-refractivity contribution in [3.05, 3.63) is 58.1 Å². The average molecular weight is 385 g/mol. The highest BCUT2D eigenvalue weighted by molar-refractivity contribution is 9.10. The van der Waals surface area contributed by atoms with Crippen molar-refractivity contribution in [2.75, 3.05) is 10.6 Å². The van der Waals surface area contributed by atoms with Crippen molar-refractivity contribution >= 4 is 50.4 Å². The predicted molar refractivity (Wildman–Crippen MR) is 90.3 cm³/mol. The second-order valence-corrected chi connectivity index (χ2v) is 5.72. The molecule has 2 aromatic carbocycles. The van der Waals surface area contributed by atoms with E-state index in [9.17, 15) is 13.6 Å². The molecule has 22 heavy (non-hydrogen) atoms. The summed E-state index contributed by atoms with van der Waals surface area (Å²) in [5.41, 5.74) is 1.15. The summed E-state index contributed by atoms with van der Waals surface area (Å²) in [5, 5.41) is 5.61. The summed E-state index contributed by atoms with van der Waals surface area (Å²) in [7, 11) is 0. The molecule has 0 bridgehead atoms. The van der Waals surface area contributed by atoms with E-state index in [2.05, 4.69) is 26.6 Å². The number of anilines is 2. The van der Waals surface area contributed by atoms with Gasteiger partial charge in [-0.25, -0.2) is 8.78 Å². The molecule has 0 saturated carbocycles. The lowest BCUT2D eigenvalue weighted by Crippen LogP contribution is -2.20. The number of carbonyl (C=O) groups excluding carboxylic acids is 1. The van der Waals surface area contributed by atoms with Gasteiger partial charge in [0.25, 0.3) is 0 Å². The van der Waals surface area contributed by atoms with Crippen LogP contribution in [0.4, 0.5) is 20.2 Å². The number of Topliss-reactive ketones (excluding diaryl/α,β-unsaturated/α-hetero) is 1. The first-order valence-electron chi connectivity index (χ1n) is 6.20. The van der Waals surface area contributed by atoms with E-state index in [1.54, 1.807) is 24.3 Å². The first-order valence-corrected chi connectivity index (χ1v) is 7.40. The van der Waals surface area contributed by atoms with Gasteiger partial charge in [-0.3, -0.25) is 4.79 Å². The lowest BCUT2D eigenvalue weighted by atomic mass is 10.1. The van der Waals surface area contributed by atoms with E-state index in [4.69, 9.17) is 12.2 Å². The van der Waals surface area contributed by atoms with Crippen molar-refractivity contribution < 1.29 is 13.6 Å². The summed E-state index contributed by atoms with van der Waals surface area (Å²) < 4.78 is 27.0. The highest BCUT2D eigenvalue weighted by Crippen LogP contribution is 2.27. The summed E-state index contributed by atoms with van der Waals surface area (Å²) in [5.74, 6) is -1.54. The van der Waals surface area contributed by atoms with Crippen molar-refractivity contribution in [1.82, 2.24) is 0 Å². The Morgan fingerprint density at radius 1 is 1.18 bits per heavy atom. The number of ketones is 1. The number of hydrogen-bond donors (Lipinski definition) is 2. The molecule has 0 unspecified atom stereocenters. The standard InChI is InChI=1S/C15H11BrF2N2OS/c1-8(21)9-3-2-4-11(5-9)19-15(22)20-14-12(16)6-10(17)7-13(14)18/h2-7H,1H3,(H2,19,20,22). The number of benzene rings is 2. The molecule has 7 heteroatoms. The zero-order chi connectivity index (χ0) is 16.3. The smallest absolute Gasteiger partial charge is 0.175 e. The van der Waals surface area contributed by atoms with Crippen molar-refractivity contribution in [2.45, 2.75) is 6.92 Å². The van der Waals surface area contributed by atoms with Gasteiger partial charge in [0.05, 0.1) is 5.69 Å². The quantitative estimate of drug-likeness (QED) is 0.592. The molecular weight excluding hydrogens is 374 g/mol. The SMILES string of the molecule is CC(=O)c1cccc(NC(=S)Nc2c(F)cc(F)cc2Br)c1. The fourth-order valence-corrected chi connectivity index (χ4v) is 2.48. The van der Waals surface area contributed by atoms with Crippen LogP contribution in [0.1, 0.15) is 17.3 Å². The third kappa shape index (κ3) is 4.08. The van der Waals surface area contributed by atoms with Crippen LogP contribution < -0.4 is 10.6 Å². The third-order valence-corrected chi connectivity index (χ3v) is 3.60. The summed E-state index contributed by atoms with van der Waals surface area (Å²) in [6.07, 6.45) is 0. The number of rotatable bonds is 3. The molecule has 0 aliphatic rings. The van der Waals surface area contributed by atoms with Crippen LogP contribution in [0, 0.1) is 11.6 Å². The van der Waals surface area contributed by atoms with Crippen molar-refractivity contribution in [2.24, 2.45) is 0 Å². The number of halogens is 3. The molecule has 3 nitrogen and oxygen atoms in total. The highest BCUT2D eigenvalue weighted by Gasteiger charge is 2.11. The van der Waals surface area contributed by atoms with Crippen LogP contribution in [0.5, 0.6) is 0 Å². The Hall–Kier alpha value is -1.86. The molecule has 0 radical (unpaired) electrons. The normalized spacial score (nSPS) is 10.2. The lowest BCUT2D eigenvalue weighted by molar-refractivity contribution is 0.101. The Morgan fingerprint density at radius 2 is 1.91 bits per heavy atom. The van der Waals surface area contributed by atoms with E-state index in [0.29, 0.717) is 11.3 Å². The first-order chi connectivity index (χ1) is 10.4. The fraction of sp³-hybridized carbons (Fsp3) is 0.0667. The van der Waals surface area contributed by atoms with Gasteiger partial charge in [0.15, 0.2) is 16.7 Å². The Bertz CT molecular complexity index is 729. The van der Waals surface area contributed by atoms with Gasteiger partial charge in [0.1, 0.15) is 5.82 Å². The zero-order valence-electron chi connectivity index (χ0n) is 11.4. The van der Waals surface area contributed by atoms with Crippen molar-refractivity contribution in [1.29, 1.82) is 0 Å². The number of nitrogens with one attached hydrogen (secondary N) is 2. The molecule has 2 rings (SSSR count). The van der Waals surface area contributed by atoms with E-state index in [-0.39, 0.29) is 21.1 Å². The second kappa shape index (κ2) is 6.93. The summed E-state index contributed by atoms with van der Waals surface area (Å²) in [6, 6.07) is 8.62. The first kappa shape index (κ1) is 16.5. The van der Waals surface area contributed by atoms with Crippen LogP contribution in [0.3, 0.4) is 0 Å². The Morgan fingerprint density at radius 3 is 2.55 bits per heavy atom. The Labute approximate surface area is 139 Å². The monoisotopic (exact) mass is 384 g/mol. The lowest BCUT2D eigenvalue weighted by Gasteiger charge is -2.13. The van der Waals surface area contributed by atoms with Gasteiger partial charge in [0.2, 0.25) is 0 Å². The van der Waals surface area contributed by atoms with Crippen LogP contribution in [0.25, 0.3) is 0 Å². The van der Waals surface area contributed by atoms with Gasteiger partial charge in [-0.1, -0.05) is 12.1 Å². The molecule has 114 valence electrons. The molecule has 2 N–H and O–H groups in total. The van der Waals surface area contributed by atoms with E-state index < -0.39 is 11.6 Å². The summed E-state index contributed by atoms with van der Waals surface area (Å²) >= 11 is 8.16. The maximum Gasteiger partial charge on any atom is 0.175 e. The minimum Gasteiger partial charge on any atom is -0.332 e. The minimum atomic E-state index is -0.770. The maximum atomic E-state index is 13.7. The summed E-state index contributed by atoms with van der Waals surface area (Å²) in [4.78, 5) is 11.3. The van der Waals surface area contributed by atoms with E-state index in [1.165, 1.54) is 6.92 Å². The second-order valence-electron chi connectivity index (χ2n) is 4.46. The number of thiocarbonyl (C=S) groups is 1. The largest absolute Gasteiger partial charge is 0.332 e. The predicted octanol–water partition coefficient (Wildman–Crippen LogP) is 4.74. The van der Waals surface area contributed by atoms with Gasteiger partial charge >= 0.3 is 0 Å². The van der Waals surface area contributed by atoms with Gasteiger partial charge in [-0.05, 0) is 53.3 Å². The van der Waals surface area contributed by atoms with Crippen LogP contribution in [0.2, 0.25) is 0 Å². The van der Waals surface area contributed by atoms with Gasteiger partial charge in [-0.15, -0.1) is 0 Å². The molecule has 0 fully saturated rings. The van der Waals surface area contributed by atoms with Crippen LogP contribution >= 0.6 is 28.1 Å². The Balaban J connectivity index is 2.14. The molecule has 0 aliphatic heterocycles. The maximum absolute atomic E-state index is 13.7. The van der Waals surface area contributed by atoms with Crippen molar-refractivity contribution in [3.63, 3.8) is 0 Å². The fourth-order valence-electron chi connectivity index (χ4n) is 1.75. The molecule has 0 aromatic heterocycles. The third-order valence-electron chi connectivity index (χ3n) is 2.77. The number of carbonyl (C=O) groups is 1. The van der Waals surface area contributed by atoms with Gasteiger partial charge in [0, 0.05) is 21.8 Å². The molecule has 0 saturated heterocycles. The van der Waals surface area contributed by atoms with Gasteiger partial charge < -0.3 is 10.6 Å². The molecule has 0 spiro atoms. The van der Waals surface area contributed by atoms with E-state index in [1.807, 2.05) is 0 Å². The molecule has 0 heterocycles. The Kier molecular flexibility index (Phi) is 5.20. The average Bonchev–Trinajstić information content (AvgIpc) is 2.43. The number of hydrogen-bond acceptors (Lipinski definition) is 2. The van der Waals surface area contributed by atoms with Crippen molar-refractivity contribution in [3.8, 4) is 0 Å². The van der Waals surface area contributed by atoms with E-state index in [0.717, 1.165) is 12.1 Å². The molecule has 0 amide bonds. The summed E-state index contributed by atoms with van der Waals surface area (Å²) in [6.45, 7) is 1.46. The van der Waals surface area contributed by atoms with E-state index >= 15 is 0 Å². The highest BCUT2D eigenvalue weighted by atomic mass is 79.9.